The van der Waals surface area contributed by atoms with Crippen LogP contribution in [0.2, 0.25) is 0 Å². The fourth-order valence-electron chi connectivity index (χ4n) is 4.77. The Labute approximate surface area is 159 Å². The number of hydrogen-bond donors (Lipinski definition) is 0. The zero-order valence-corrected chi connectivity index (χ0v) is 15.1. The Morgan fingerprint density at radius 2 is 1.44 bits per heavy atom. The molecule has 0 aromatic heterocycles. The van der Waals surface area contributed by atoms with Crippen molar-refractivity contribution in [2.75, 3.05) is 6.54 Å². The van der Waals surface area contributed by atoms with Gasteiger partial charge in [0.25, 0.3) is 0 Å². The molecule has 0 aliphatic carbocycles. The quantitative estimate of drug-likeness (QED) is 0.658. The molecule has 0 unspecified atom stereocenters. The van der Waals surface area contributed by atoms with E-state index in [1.54, 1.807) is 0 Å². The van der Waals surface area contributed by atoms with Gasteiger partial charge in [-0.1, -0.05) is 72.8 Å². The number of hydrogen-bond acceptors (Lipinski definition) is 2. The zero-order chi connectivity index (χ0) is 18.3. The molecule has 0 radical (unpaired) electrons. The Morgan fingerprint density at radius 1 is 0.852 bits per heavy atom. The molecule has 2 saturated heterocycles. The average molecular weight is 357 g/mol. The topological polar surface area (TPSA) is 12.5 Å². The van der Waals surface area contributed by atoms with Crippen LogP contribution in [0, 0.1) is 5.82 Å². The van der Waals surface area contributed by atoms with E-state index in [-0.39, 0.29) is 18.9 Å². The van der Waals surface area contributed by atoms with Crippen LogP contribution in [0.3, 0.4) is 0 Å². The number of fused-ring (bicyclic) bond motifs is 1. The Hall–Kier alpha value is -2.43. The fraction of sp³-hybridized carbons (Fsp3) is 0.217. The summed E-state index contributed by atoms with van der Waals surface area (Å²) in [7, 11) is -0.168. The van der Waals surface area contributed by atoms with Crippen molar-refractivity contribution in [3.63, 3.8) is 0 Å². The molecule has 4 heteroatoms. The number of rotatable bonds is 3. The summed E-state index contributed by atoms with van der Waals surface area (Å²) in [6.07, 6.45) is 2.23. The molecule has 0 amide bonds. The molecule has 5 rings (SSSR count). The van der Waals surface area contributed by atoms with Crippen LogP contribution < -0.4 is 5.46 Å². The summed E-state index contributed by atoms with van der Waals surface area (Å²) >= 11 is 0. The van der Waals surface area contributed by atoms with Gasteiger partial charge in [0, 0.05) is 6.04 Å². The predicted molar refractivity (Wildman–Crippen MR) is 106 cm³/mol. The lowest BCUT2D eigenvalue weighted by atomic mass is 9.72. The van der Waals surface area contributed by atoms with E-state index in [1.807, 2.05) is 24.3 Å². The summed E-state index contributed by atoms with van der Waals surface area (Å²) < 4.78 is 20.4. The molecule has 134 valence electrons. The first kappa shape index (κ1) is 16.7. The van der Waals surface area contributed by atoms with E-state index in [9.17, 15) is 4.39 Å². The molecule has 0 N–H and O–H groups in total. The Morgan fingerprint density at radius 3 is 2.04 bits per heavy atom. The zero-order valence-electron chi connectivity index (χ0n) is 15.1. The summed E-state index contributed by atoms with van der Waals surface area (Å²) in [5.41, 5.74) is 2.85. The van der Waals surface area contributed by atoms with Crippen LogP contribution in [0.15, 0.2) is 84.9 Å². The van der Waals surface area contributed by atoms with Gasteiger partial charge in [-0.15, -0.1) is 0 Å². The van der Waals surface area contributed by atoms with Crippen molar-refractivity contribution in [1.29, 1.82) is 0 Å². The highest BCUT2D eigenvalue weighted by Crippen LogP contribution is 2.48. The standard InChI is InChI=1S/C23H21BFNO/c25-21-15-13-20(14-16-21)24-26-17-7-12-22(26)23(27-24,18-8-3-1-4-9-18)19-10-5-2-6-11-19/h1-6,8-11,13-16,22H,7,12,17H2/t22-/m0/s1. The van der Waals surface area contributed by atoms with Gasteiger partial charge in [-0.2, -0.15) is 0 Å². The molecule has 3 aromatic carbocycles. The number of benzene rings is 3. The van der Waals surface area contributed by atoms with Crippen LogP contribution >= 0.6 is 0 Å². The highest BCUT2D eigenvalue weighted by Gasteiger charge is 2.58. The lowest BCUT2D eigenvalue weighted by molar-refractivity contribution is 0.106. The van der Waals surface area contributed by atoms with Crippen molar-refractivity contribution in [3.8, 4) is 0 Å². The Bertz CT molecular complexity index is 877. The largest absolute Gasteiger partial charge is 0.419 e. The molecule has 27 heavy (non-hydrogen) atoms. The third-order valence-electron chi connectivity index (χ3n) is 5.92. The van der Waals surface area contributed by atoms with Gasteiger partial charge in [-0.3, -0.25) is 0 Å². The number of halogens is 1. The third-order valence-corrected chi connectivity index (χ3v) is 5.92. The molecule has 2 fully saturated rings. The maximum absolute atomic E-state index is 13.5. The van der Waals surface area contributed by atoms with Gasteiger partial charge in [0.15, 0.2) is 0 Å². The van der Waals surface area contributed by atoms with Crippen molar-refractivity contribution < 1.29 is 9.04 Å². The second-order valence-corrected chi connectivity index (χ2v) is 7.39. The summed E-state index contributed by atoms with van der Waals surface area (Å²) in [4.78, 5) is 2.45. The van der Waals surface area contributed by atoms with Crippen LogP contribution in [0.1, 0.15) is 24.0 Å². The summed E-state index contributed by atoms with van der Waals surface area (Å²) in [6, 6.07) is 28.1. The molecular formula is C23H21BFNO. The van der Waals surface area contributed by atoms with Crippen molar-refractivity contribution in [2.45, 2.75) is 24.5 Å². The van der Waals surface area contributed by atoms with Crippen LogP contribution in [0.5, 0.6) is 0 Å². The van der Waals surface area contributed by atoms with Crippen LogP contribution in [0.4, 0.5) is 4.39 Å². The Kier molecular flexibility index (Phi) is 4.11. The third kappa shape index (κ3) is 2.63. The maximum Gasteiger partial charge on any atom is 0.419 e. The van der Waals surface area contributed by atoms with E-state index < -0.39 is 5.60 Å². The monoisotopic (exact) mass is 357 g/mol. The van der Waals surface area contributed by atoms with Crippen molar-refractivity contribution >= 4 is 12.5 Å². The predicted octanol–water partition coefficient (Wildman–Crippen LogP) is 3.96. The first-order valence-corrected chi connectivity index (χ1v) is 9.59. The van der Waals surface area contributed by atoms with Crippen LogP contribution in [0.25, 0.3) is 0 Å². The molecule has 2 heterocycles. The van der Waals surface area contributed by atoms with E-state index in [1.165, 1.54) is 23.3 Å². The molecule has 0 bridgehead atoms. The van der Waals surface area contributed by atoms with Crippen molar-refractivity contribution in [1.82, 2.24) is 4.81 Å². The van der Waals surface area contributed by atoms with Gasteiger partial charge < -0.3 is 9.47 Å². The Balaban J connectivity index is 1.68. The van der Waals surface area contributed by atoms with Gasteiger partial charge in [0.05, 0.1) is 0 Å². The molecular weight excluding hydrogens is 336 g/mol. The van der Waals surface area contributed by atoms with E-state index in [0.29, 0.717) is 0 Å². The van der Waals surface area contributed by atoms with Gasteiger partial charge in [0.2, 0.25) is 0 Å². The lowest BCUT2D eigenvalue weighted by Crippen LogP contribution is -2.45. The van der Waals surface area contributed by atoms with Crippen LogP contribution in [-0.2, 0) is 10.3 Å². The second kappa shape index (κ2) is 6.63. The second-order valence-electron chi connectivity index (χ2n) is 7.39. The van der Waals surface area contributed by atoms with Gasteiger partial charge in [0.1, 0.15) is 11.4 Å². The molecule has 2 aliphatic rings. The summed E-state index contributed by atoms with van der Waals surface area (Å²) in [6.45, 7) is 0.994. The van der Waals surface area contributed by atoms with Gasteiger partial charge >= 0.3 is 7.05 Å². The van der Waals surface area contributed by atoms with E-state index in [4.69, 9.17) is 4.65 Å². The van der Waals surface area contributed by atoms with E-state index in [2.05, 4.69) is 53.3 Å². The van der Waals surface area contributed by atoms with Crippen molar-refractivity contribution in [2.24, 2.45) is 0 Å². The van der Waals surface area contributed by atoms with Crippen LogP contribution in [-0.4, -0.2) is 24.4 Å². The first-order chi connectivity index (χ1) is 13.3. The van der Waals surface area contributed by atoms with Gasteiger partial charge in [-0.25, -0.2) is 4.39 Å². The minimum atomic E-state index is -0.516. The minimum absolute atomic E-state index is 0.168. The average Bonchev–Trinajstić information content (AvgIpc) is 3.32. The molecule has 2 nitrogen and oxygen atoms in total. The maximum atomic E-state index is 13.5. The normalized spacial score (nSPS) is 21.4. The smallest absolute Gasteiger partial charge is 0.402 e. The SMILES string of the molecule is Fc1ccc(B2OC(c3ccccc3)(c3ccccc3)[C@@H]3CCCN23)cc1. The lowest BCUT2D eigenvalue weighted by Gasteiger charge is -2.36. The van der Waals surface area contributed by atoms with E-state index in [0.717, 1.165) is 24.8 Å². The summed E-state index contributed by atoms with van der Waals surface area (Å²) in [5.74, 6) is -0.216. The molecule has 3 aromatic rings. The fourth-order valence-corrected chi connectivity index (χ4v) is 4.77. The summed E-state index contributed by atoms with van der Waals surface area (Å²) in [5, 5.41) is 0. The first-order valence-electron chi connectivity index (χ1n) is 9.59. The molecule has 0 spiro atoms. The molecule has 0 saturated carbocycles. The molecule has 1 atom stereocenters. The van der Waals surface area contributed by atoms with E-state index >= 15 is 0 Å². The minimum Gasteiger partial charge on any atom is -0.402 e. The van der Waals surface area contributed by atoms with Gasteiger partial charge in [-0.05, 0) is 48.1 Å². The highest BCUT2D eigenvalue weighted by molar-refractivity contribution is 6.65. The highest BCUT2D eigenvalue weighted by atomic mass is 19.1. The van der Waals surface area contributed by atoms with Crippen molar-refractivity contribution in [3.05, 3.63) is 102 Å². The molecule has 2 aliphatic heterocycles. The number of nitrogens with zero attached hydrogens (tertiary/aromatic N) is 1.